The van der Waals surface area contributed by atoms with E-state index in [1.54, 1.807) is 7.11 Å². The molecule has 3 rings (SSSR count). The Labute approximate surface area is 186 Å². The zero-order chi connectivity index (χ0) is 19.1. The van der Waals surface area contributed by atoms with Crippen molar-refractivity contribution in [1.82, 2.24) is 15.5 Å². The molecule has 0 radical (unpaired) electrons. The number of nitrogens with one attached hydrogen (secondary N) is 2. The summed E-state index contributed by atoms with van der Waals surface area (Å²) in [5, 5.41) is 6.92. The van der Waals surface area contributed by atoms with Crippen molar-refractivity contribution in [3.63, 3.8) is 0 Å². The van der Waals surface area contributed by atoms with E-state index in [2.05, 4.69) is 45.6 Å². The predicted octanol–water partition coefficient (Wildman–Crippen LogP) is 2.79. The second-order valence-corrected chi connectivity index (χ2v) is 7.64. The molecule has 1 aliphatic heterocycles. The van der Waals surface area contributed by atoms with Gasteiger partial charge in [0, 0.05) is 45.4 Å². The Kier molecular flexibility index (Phi) is 9.81. The summed E-state index contributed by atoms with van der Waals surface area (Å²) in [5.74, 6) is 2.48. The van der Waals surface area contributed by atoms with E-state index in [1.807, 2.05) is 7.05 Å². The van der Waals surface area contributed by atoms with Gasteiger partial charge in [0.1, 0.15) is 12.4 Å². The molecule has 1 saturated heterocycles. The minimum atomic E-state index is 0. The third kappa shape index (κ3) is 7.08. The first kappa shape index (κ1) is 23.2. The lowest BCUT2D eigenvalue weighted by Gasteiger charge is -2.18. The van der Waals surface area contributed by atoms with Gasteiger partial charge in [-0.2, -0.15) is 0 Å². The number of guanidine groups is 1. The zero-order valence-corrected chi connectivity index (χ0v) is 19.7. The van der Waals surface area contributed by atoms with Gasteiger partial charge >= 0.3 is 0 Å². The quantitative estimate of drug-likeness (QED) is 0.236. The molecule has 1 heterocycles. The van der Waals surface area contributed by atoms with Crippen LogP contribution in [-0.2, 0) is 11.3 Å². The Morgan fingerprint density at radius 2 is 2.04 bits per heavy atom. The lowest BCUT2D eigenvalue weighted by molar-refractivity contribution is 0.145. The molecule has 0 aromatic heterocycles. The predicted molar refractivity (Wildman–Crippen MR) is 125 cm³/mol. The van der Waals surface area contributed by atoms with Crippen LogP contribution in [-0.4, -0.2) is 63.9 Å². The van der Waals surface area contributed by atoms with Gasteiger partial charge in [0.2, 0.25) is 0 Å². The van der Waals surface area contributed by atoms with Crippen molar-refractivity contribution in [2.24, 2.45) is 10.9 Å². The van der Waals surface area contributed by atoms with Crippen LogP contribution in [0.2, 0.25) is 0 Å². The third-order valence-electron chi connectivity index (χ3n) is 5.38. The van der Waals surface area contributed by atoms with Crippen molar-refractivity contribution in [3.05, 3.63) is 29.3 Å². The highest BCUT2D eigenvalue weighted by atomic mass is 127. The summed E-state index contributed by atoms with van der Waals surface area (Å²) >= 11 is 0. The van der Waals surface area contributed by atoms with Gasteiger partial charge in [-0.3, -0.25) is 4.99 Å². The van der Waals surface area contributed by atoms with E-state index >= 15 is 0 Å². The second kappa shape index (κ2) is 11.8. The fourth-order valence-electron chi connectivity index (χ4n) is 3.62. The minimum Gasteiger partial charge on any atom is -0.491 e. The molecule has 158 valence electrons. The smallest absolute Gasteiger partial charge is 0.191 e. The highest BCUT2D eigenvalue weighted by Crippen LogP contribution is 2.31. The number of rotatable bonds is 9. The topological polar surface area (TPSA) is 58.1 Å². The van der Waals surface area contributed by atoms with Gasteiger partial charge in [0.15, 0.2) is 5.96 Å². The van der Waals surface area contributed by atoms with Gasteiger partial charge in [-0.25, -0.2) is 0 Å². The molecule has 1 aromatic rings. The van der Waals surface area contributed by atoms with Gasteiger partial charge in [-0.15, -0.1) is 24.0 Å². The van der Waals surface area contributed by atoms with Crippen molar-refractivity contribution >= 4 is 29.9 Å². The maximum Gasteiger partial charge on any atom is 0.191 e. The van der Waals surface area contributed by atoms with Crippen molar-refractivity contribution < 1.29 is 9.47 Å². The van der Waals surface area contributed by atoms with Crippen molar-refractivity contribution in [2.45, 2.75) is 38.8 Å². The van der Waals surface area contributed by atoms with E-state index < -0.39 is 0 Å². The van der Waals surface area contributed by atoms with Crippen LogP contribution in [0.4, 0.5) is 0 Å². The molecule has 1 saturated carbocycles. The number of hydrogen-bond acceptors (Lipinski definition) is 4. The van der Waals surface area contributed by atoms with E-state index in [9.17, 15) is 0 Å². The highest BCUT2D eigenvalue weighted by Gasteiger charge is 2.34. The maximum atomic E-state index is 5.87. The van der Waals surface area contributed by atoms with Gasteiger partial charge in [0.05, 0.1) is 6.61 Å². The molecule has 1 unspecified atom stereocenters. The lowest BCUT2D eigenvalue weighted by atomic mass is 10.1. The van der Waals surface area contributed by atoms with E-state index in [4.69, 9.17) is 9.47 Å². The summed E-state index contributed by atoms with van der Waals surface area (Å²) < 4.78 is 11.0. The molecular weight excluding hydrogens is 467 g/mol. The molecule has 1 aliphatic carbocycles. The number of methoxy groups -OCH3 is 1. The summed E-state index contributed by atoms with van der Waals surface area (Å²) in [6.45, 7) is 7.36. The summed E-state index contributed by atoms with van der Waals surface area (Å²) in [5.41, 5.74) is 2.32. The monoisotopic (exact) mass is 502 g/mol. The Balaban J connectivity index is 0.00000280. The molecule has 2 aliphatic rings. The van der Waals surface area contributed by atoms with Crippen molar-refractivity contribution in [1.29, 1.82) is 0 Å². The molecule has 0 amide bonds. The van der Waals surface area contributed by atoms with Crippen LogP contribution in [0, 0.1) is 12.8 Å². The van der Waals surface area contributed by atoms with Crippen LogP contribution in [0.3, 0.4) is 0 Å². The Bertz CT molecular complexity index is 637. The first-order valence-corrected chi connectivity index (χ1v) is 10.1. The van der Waals surface area contributed by atoms with Crippen LogP contribution in [0.15, 0.2) is 23.2 Å². The first-order chi connectivity index (χ1) is 13.2. The number of aliphatic imine (C=N–C) groups is 1. The number of aryl methyl sites for hydroxylation is 1. The lowest BCUT2D eigenvalue weighted by Crippen LogP contribution is -2.40. The zero-order valence-electron chi connectivity index (χ0n) is 17.4. The molecule has 1 aromatic carbocycles. The number of benzene rings is 1. The third-order valence-corrected chi connectivity index (χ3v) is 5.38. The molecule has 28 heavy (non-hydrogen) atoms. The number of nitrogens with zero attached hydrogens (tertiary/aromatic N) is 2. The maximum absolute atomic E-state index is 5.87. The van der Waals surface area contributed by atoms with Crippen LogP contribution in [0.25, 0.3) is 0 Å². The highest BCUT2D eigenvalue weighted by molar-refractivity contribution is 14.0. The number of ether oxygens (including phenoxy) is 2. The van der Waals surface area contributed by atoms with Crippen LogP contribution in [0.1, 0.15) is 30.4 Å². The molecule has 1 atom stereocenters. The summed E-state index contributed by atoms with van der Waals surface area (Å²) in [4.78, 5) is 7.02. The molecule has 7 heteroatoms. The average molecular weight is 502 g/mol. The summed E-state index contributed by atoms with van der Waals surface area (Å²) in [6, 6.07) is 7.18. The summed E-state index contributed by atoms with van der Waals surface area (Å²) in [7, 11) is 3.51. The standard InChI is InChI=1S/C21H34N4O2.HI/c1-16-4-5-18(20(12-16)27-11-10-26-3)14-24-21(22-2)23-13-17-8-9-25(15-17)19-6-7-19;/h4-5,12,17,19H,6-11,13-15H2,1-3H3,(H2,22,23,24);1H. The van der Waals surface area contributed by atoms with E-state index in [0.29, 0.717) is 19.8 Å². The van der Waals surface area contributed by atoms with Gasteiger partial charge in [-0.1, -0.05) is 12.1 Å². The molecule has 6 nitrogen and oxygen atoms in total. The van der Waals surface area contributed by atoms with Crippen LogP contribution >= 0.6 is 24.0 Å². The van der Waals surface area contributed by atoms with E-state index in [-0.39, 0.29) is 24.0 Å². The molecule has 2 N–H and O–H groups in total. The van der Waals surface area contributed by atoms with Gasteiger partial charge in [0.25, 0.3) is 0 Å². The fraction of sp³-hybridized carbons (Fsp3) is 0.667. The largest absolute Gasteiger partial charge is 0.491 e. The van der Waals surface area contributed by atoms with Gasteiger partial charge < -0.3 is 25.0 Å². The number of hydrogen-bond donors (Lipinski definition) is 2. The van der Waals surface area contributed by atoms with Gasteiger partial charge in [-0.05, 0) is 50.3 Å². The SMILES string of the molecule is CN=C(NCc1ccc(C)cc1OCCOC)NCC1CCN(C2CC2)C1.I. The average Bonchev–Trinajstić information content (AvgIpc) is 3.42. The number of halogens is 1. The van der Waals surface area contributed by atoms with Crippen LogP contribution < -0.4 is 15.4 Å². The molecular formula is C21H35IN4O2. The minimum absolute atomic E-state index is 0. The van der Waals surface area contributed by atoms with E-state index in [1.165, 1.54) is 37.9 Å². The Morgan fingerprint density at radius 1 is 1.21 bits per heavy atom. The van der Waals surface area contributed by atoms with Crippen molar-refractivity contribution in [2.75, 3.05) is 47.0 Å². The molecule has 0 spiro atoms. The van der Waals surface area contributed by atoms with Crippen LogP contribution in [0.5, 0.6) is 5.75 Å². The Hall–Kier alpha value is -1.06. The Morgan fingerprint density at radius 3 is 2.75 bits per heavy atom. The number of likely N-dealkylation sites (tertiary alicyclic amines) is 1. The van der Waals surface area contributed by atoms with E-state index in [0.717, 1.165) is 35.8 Å². The second-order valence-electron chi connectivity index (χ2n) is 7.64. The normalized spacial score (nSPS) is 20.0. The summed E-state index contributed by atoms with van der Waals surface area (Å²) in [6.07, 6.45) is 4.08. The fourth-order valence-corrected chi connectivity index (χ4v) is 3.62. The first-order valence-electron chi connectivity index (χ1n) is 10.1. The molecule has 0 bridgehead atoms. The molecule has 2 fully saturated rings. The van der Waals surface area contributed by atoms with Crippen molar-refractivity contribution in [3.8, 4) is 5.75 Å².